The van der Waals surface area contributed by atoms with Gasteiger partial charge in [-0.1, -0.05) is 39.1 Å². The molecule has 0 spiro atoms. The highest BCUT2D eigenvalue weighted by atomic mass is 31.1. The topological polar surface area (TPSA) is 171 Å². The molecule has 0 bridgehead atoms. The zero-order chi connectivity index (χ0) is 47.9. The van der Waals surface area contributed by atoms with Crippen LogP contribution in [0.4, 0.5) is 28.8 Å². The number of piperazine rings is 1. The number of esters is 1. The highest BCUT2D eigenvalue weighted by molar-refractivity contribution is 7.64. The standard InChI is InChI=1S/C51H66N9O7P/c1-7-34-29-40(54-51-52-31-37(50(64)67-33(2)3)47(56-51)53-39-14-8-9-16-45(39)68(5)6)44(65-4)30-42(34)59-22-19-35(20-23-59)58-26-24-57(25-27-58)21-10-11-28-66-43-15-12-13-36-38(43)32-60(49(36)63)41-17-18-46(61)55-48(41)62/h8-9,12-16,29-31,33,35,41H,7,10-11,17-28,32H2,1-6H3,(H,55,61,62)(H2,52,53,54,56). The Balaban J connectivity index is 0.814. The molecular formula is C51H66N9O7P. The molecule has 5 heterocycles. The Labute approximate surface area is 401 Å². The number of nitrogens with one attached hydrogen (secondary N) is 3. The van der Waals surface area contributed by atoms with Gasteiger partial charge >= 0.3 is 5.97 Å². The number of aryl methyl sites for hydroxylation is 1. The first kappa shape index (κ1) is 48.6. The van der Waals surface area contributed by atoms with Crippen LogP contribution >= 0.6 is 7.92 Å². The van der Waals surface area contributed by atoms with Gasteiger partial charge in [0, 0.05) is 86.5 Å². The number of fused-ring (bicyclic) bond motifs is 1. The summed E-state index contributed by atoms with van der Waals surface area (Å²) in [7, 11) is 1.26. The Morgan fingerprint density at radius 3 is 2.41 bits per heavy atom. The van der Waals surface area contributed by atoms with Gasteiger partial charge in [-0.2, -0.15) is 4.98 Å². The lowest BCUT2D eigenvalue weighted by atomic mass is 9.99. The maximum atomic E-state index is 13.2. The van der Waals surface area contributed by atoms with Crippen molar-refractivity contribution in [3.05, 3.63) is 83.0 Å². The summed E-state index contributed by atoms with van der Waals surface area (Å²) in [6.07, 6.45) is 6.74. The minimum absolute atomic E-state index is 0.188. The second-order valence-corrected chi connectivity index (χ2v) is 20.7. The van der Waals surface area contributed by atoms with Crippen LogP contribution in [0.1, 0.15) is 91.1 Å². The maximum absolute atomic E-state index is 13.2. The third-order valence-corrected chi connectivity index (χ3v) is 14.8. The Morgan fingerprint density at radius 2 is 1.69 bits per heavy atom. The first-order valence-corrected chi connectivity index (χ1v) is 26.3. The quantitative estimate of drug-likeness (QED) is 0.0418. The van der Waals surface area contributed by atoms with Crippen molar-refractivity contribution in [2.24, 2.45) is 0 Å². The first-order valence-electron chi connectivity index (χ1n) is 24.1. The number of piperidine rings is 2. The molecule has 4 aromatic rings. The molecule has 0 radical (unpaired) electrons. The number of methoxy groups -OCH3 is 1. The van der Waals surface area contributed by atoms with Crippen LogP contribution < -0.4 is 35.6 Å². The van der Waals surface area contributed by atoms with Gasteiger partial charge in [0.1, 0.15) is 23.1 Å². The van der Waals surface area contributed by atoms with Crippen molar-refractivity contribution in [1.82, 2.24) is 30.0 Å². The number of hydrogen-bond donors (Lipinski definition) is 3. The number of anilines is 5. The smallest absolute Gasteiger partial charge is 0.343 e. The number of hydrogen-bond acceptors (Lipinski definition) is 14. The predicted octanol–water partition coefficient (Wildman–Crippen LogP) is 6.67. The molecule has 3 saturated heterocycles. The fraction of sp³-hybridized carbons (Fsp3) is 0.490. The molecule has 1 aromatic heterocycles. The lowest BCUT2D eigenvalue weighted by Gasteiger charge is -2.43. The lowest BCUT2D eigenvalue weighted by Crippen LogP contribution is -2.53. The second-order valence-electron chi connectivity index (χ2n) is 18.4. The number of ether oxygens (including phenoxy) is 3. The van der Waals surface area contributed by atoms with E-state index in [-0.39, 0.29) is 29.9 Å². The summed E-state index contributed by atoms with van der Waals surface area (Å²) in [6.45, 7) is 18.2. The molecule has 0 saturated carbocycles. The number of para-hydroxylation sites is 1. The summed E-state index contributed by atoms with van der Waals surface area (Å²) in [5.74, 6) is 0.700. The number of imide groups is 1. The van der Waals surface area contributed by atoms with Crippen molar-refractivity contribution in [1.29, 1.82) is 0 Å². The number of carbonyl (C=O) groups is 4. The minimum atomic E-state index is -0.641. The monoisotopic (exact) mass is 947 g/mol. The molecule has 8 rings (SSSR count). The van der Waals surface area contributed by atoms with Crippen LogP contribution in [0.5, 0.6) is 11.5 Å². The Morgan fingerprint density at radius 1 is 0.912 bits per heavy atom. The highest BCUT2D eigenvalue weighted by Crippen LogP contribution is 2.38. The number of amides is 3. The average molecular weight is 948 g/mol. The molecule has 362 valence electrons. The molecule has 3 aromatic carbocycles. The summed E-state index contributed by atoms with van der Waals surface area (Å²) in [5, 5.41) is 10.4. The number of aromatic nitrogens is 2. The summed E-state index contributed by atoms with van der Waals surface area (Å²) >= 11 is 0. The molecule has 4 aliphatic heterocycles. The van der Waals surface area contributed by atoms with Crippen LogP contribution in [0.2, 0.25) is 0 Å². The molecule has 16 nitrogen and oxygen atoms in total. The van der Waals surface area contributed by atoms with Crippen LogP contribution in [0.25, 0.3) is 0 Å². The van der Waals surface area contributed by atoms with Crippen LogP contribution in [0, 0.1) is 0 Å². The van der Waals surface area contributed by atoms with E-state index in [1.165, 1.54) is 22.8 Å². The van der Waals surface area contributed by atoms with E-state index in [0.29, 0.717) is 54.4 Å². The summed E-state index contributed by atoms with van der Waals surface area (Å²) in [4.78, 5) is 69.3. The Bertz CT molecular complexity index is 2470. The number of rotatable bonds is 18. The van der Waals surface area contributed by atoms with Crippen LogP contribution in [0.15, 0.2) is 60.8 Å². The molecule has 17 heteroatoms. The predicted molar refractivity (Wildman–Crippen MR) is 267 cm³/mol. The van der Waals surface area contributed by atoms with Crippen LogP contribution in [-0.4, -0.2) is 139 Å². The molecule has 1 unspecified atom stereocenters. The molecule has 4 aliphatic rings. The van der Waals surface area contributed by atoms with Gasteiger partial charge in [-0.3, -0.25) is 24.6 Å². The highest BCUT2D eigenvalue weighted by Gasteiger charge is 2.40. The normalized spacial score (nSPS) is 18.2. The molecule has 68 heavy (non-hydrogen) atoms. The number of benzene rings is 3. The third kappa shape index (κ3) is 11.2. The molecule has 1 atom stereocenters. The van der Waals surface area contributed by atoms with Crippen molar-refractivity contribution < 1.29 is 33.4 Å². The molecular weight excluding hydrogens is 882 g/mol. The van der Waals surface area contributed by atoms with E-state index in [1.54, 1.807) is 18.1 Å². The summed E-state index contributed by atoms with van der Waals surface area (Å²) < 4.78 is 17.8. The van der Waals surface area contributed by atoms with Crippen LogP contribution in [-0.2, 0) is 27.3 Å². The van der Waals surface area contributed by atoms with Gasteiger partial charge in [-0.05, 0) is 107 Å². The summed E-state index contributed by atoms with van der Waals surface area (Å²) in [5.41, 5.74) is 5.67. The van der Waals surface area contributed by atoms with E-state index >= 15 is 0 Å². The lowest BCUT2D eigenvalue weighted by molar-refractivity contribution is -0.136. The fourth-order valence-corrected chi connectivity index (χ4v) is 10.8. The average Bonchev–Trinajstić information content (AvgIpc) is 3.67. The zero-order valence-electron chi connectivity index (χ0n) is 40.3. The van der Waals surface area contributed by atoms with Crippen LogP contribution in [0.3, 0.4) is 0 Å². The third-order valence-electron chi connectivity index (χ3n) is 13.4. The number of nitrogens with zero attached hydrogens (tertiary/aromatic N) is 6. The maximum Gasteiger partial charge on any atom is 0.343 e. The Hall–Kier alpha value is -5.83. The van der Waals surface area contributed by atoms with Crippen molar-refractivity contribution in [3.63, 3.8) is 0 Å². The largest absolute Gasteiger partial charge is 0.494 e. The van der Waals surface area contributed by atoms with E-state index in [2.05, 4.69) is 74.1 Å². The van der Waals surface area contributed by atoms with Crippen molar-refractivity contribution in [3.8, 4) is 11.5 Å². The fourth-order valence-electron chi connectivity index (χ4n) is 9.78. The van der Waals surface area contributed by atoms with Gasteiger partial charge in [0.15, 0.2) is 5.82 Å². The van der Waals surface area contributed by atoms with E-state index in [0.717, 1.165) is 94.9 Å². The molecule has 0 aliphatic carbocycles. The SMILES string of the molecule is CCc1cc(Nc2ncc(C(=O)OC(C)C)c(Nc3ccccc3P(C)C)n2)c(OC)cc1N1CCC(N2CCN(CCCCOc3cccc4c3CN(C3CCC(=O)NC3=O)C4=O)CC2)CC1. The van der Waals surface area contributed by atoms with Crippen molar-refractivity contribution >= 4 is 65.7 Å². The number of carbonyl (C=O) groups excluding carboxylic acids is 4. The Kier molecular flexibility index (Phi) is 15.8. The zero-order valence-corrected chi connectivity index (χ0v) is 41.2. The first-order chi connectivity index (χ1) is 32.9. The second kappa shape index (κ2) is 22.1. The van der Waals surface area contributed by atoms with Gasteiger partial charge in [0.2, 0.25) is 17.8 Å². The molecule has 3 fully saturated rings. The summed E-state index contributed by atoms with van der Waals surface area (Å²) in [6, 6.07) is 17.8. The van der Waals surface area contributed by atoms with Crippen molar-refractivity contribution in [2.75, 3.05) is 88.4 Å². The van der Waals surface area contributed by atoms with E-state index < -0.39 is 25.8 Å². The number of unbranched alkanes of at least 4 members (excludes halogenated alkanes) is 1. The van der Waals surface area contributed by atoms with Gasteiger partial charge in [-0.15, -0.1) is 0 Å². The van der Waals surface area contributed by atoms with Gasteiger partial charge in [-0.25, -0.2) is 9.78 Å². The van der Waals surface area contributed by atoms with E-state index in [4.69, 9.17) is 19.2 Å². The van der Waals surface area contributed by atoms with Gasteiger partial charge < -0.3 is 39.5 Å². The van der Waals surface area contributed by atoms with Crippen molar-refractivity contribution in [2.45, 2.75) is 90.4 Å². The minimum Gasteiger partial charge on any atom is -0.494 e. The molecule has 3 N–H and O–H groups in total. The molecule has 3 amide bonds. The van der Waals surface area contributed by atoms with E-state index in [1.807, 2.05) is 44.2 Å². The van der Waals surface area contributed by atoms with Gasteiger partial charge in [0.25, 0.3) is 5.91 Å². The van der Waals surface area contributed by atoms with E-state index in [9.17, 15) is 19.2 Å². The van der Waals surface area contributed by atoms with Gasteiger partial charge in [0.05, 0.1) is 32.1 Å².